The van der Waals surface area contributed by atoms with Crippen molar-refractivity contribution in [1.29, 1.82) is 0 Å². The average molecular weight is 328 g/mol. The van der Waals surface area contributed by atoms with Crippen LogP contribution in [0.15, 0.2) is 24.3 Å². The molecule has 6 heteroatoms. The molecule has 2 heterocycles. The molecule has 0 spiro atoms. The summed E-state index contributed by atoms with van der Waals surface area (Å²) in [5.41, 5.74) is 1.14. The molecule has 0 saturated carbocycles. The molecule has 0 aliphatic carbocycles. The Bertz CT molecular complexity index is 485. The first-order valence-corrected chi connectivity index (χ1v) is 7.68. The van der Waals surface area contributed by atoms with Crippen molar-refractivity contribution in [3.63, 3.8) is 0 Å². The van der Waals surface area contributed by atoms with Gasteiger partial charge in [0.2, 0.25) is 5.91 Å². The minimum atomic E-state index is -0.189. The maximum Gasteiger partial charge on any atom is 0.225 e. The summed E-state index contributed by atoms with van der Waals surface area (Å²) in [6.07, 6.45) is 1.99. The van der Waals surface area contributed by atoms with Gasteiger partial charge in [-0.25, -0.2) is 4.39 Å². The van der Waals surface area contributed by atoms with Gasteiger partial charge in [-0.3, -0.25) is 9.69 Å². The molecular formula is C16H23ClFN3O. The lowest BCUT2D eigenvalue weighted by atomic mass is 9.99. The van der Waals surface area contributed by atoms with Gasteiger partial charge in [0, 0.05) is 38.8 Å². The Kier molecular flexibility index (Phi) is 6.17. The highest BCUT2D eigenvalue weighted by Gasteiger charge is 2.28. The molecule has 2 N–H and O–H groups in total. The van der Waals surface area contributed by atoms with Crippen LogP contribution in [-0.4, -0.2) is 43.0 Å². The first kappa shape index (κ1) is 17.2. The summed E-state index contributed by atoms with van der Waals surface area (Å²) >= 11 is 0. The quantitative estimate of drug-likeness (QED) is 0.882. The van der Waals surface area contributed by atoms with E-state index in [4.69, 9.17) is 0 Å². The van der Waals surface area contributed by atoms with Crippen LogP contribution < -0.4 is 10.6 Å². The molecule has 2 fully saturated rings. The summed E-state index contributed by atoms with van der Waals surface area (Å²) in [6.45, 7) is 4.44. The molecule has 22 heavy (non-hydrogen) atoms. The van der Waals surface area contributed by atoms with E-state index in [1.54, 1.807) is 0 Å². The molecular weight excluding hydrogens is 305 g/mol. The van der Waals surface area contributed by atoms with Gasteiger partial charge in [-0.2, -0.15) is 0 Å². The summed E-state index contributed by atoms with van der Waals surface area (Å²) in [6, 6.07) is 7.01. The zero-order valence-corrected chi connectivity index (χ0v) is 13.4. The van der Waals surface area contributed by atoms with E-state index in [9.17, 15) is 9.18 Å². The van der Waals surface area contributed by atoms with Gasteiger partial charge in [-0.05, 0) is 30.5 Å². The number of hydrogen-bond acceptors (Lipinski definition) is 3. The van der Waals surface area contributed by atoms with Crippen molar-refractivity contribution < 1.29 is 9.18 Å². The highest BCUT2D eigenvalue weighted by atomic mass is 35.5. The first-order valence-electron chi connectivity index (χ1n) is 7.68. The number of benzene rings is 1. The Morgan fingerprint density at radius 2 is 1.86 bits per heavy atom. The molecule has 0 aromatic heterocycles. The van der Waals surface area contributed by atoms with Crippen LogP contribution in [-0.2, 0) is 11.3 Å². The fraction of sp³-hybridized carbons (Fsp3) is 0.562. The maximum atomic E-state index is 12.9. The van der Waals surface area contributed by atoms with E-state index in [1.807, 2.05) is 12.1 Å². The van der Waals surface area contributed by atoms with E-state index in [0.29, 0.717) is 6.04 Å². The van der Waals surface area contributed by atoms with Crippen molar-refractivity contribution in [2.24, 2.45) is 5.92 Å². The van der Waals surface area contributed by atoms with E-state index < -0.39 is 0 Å². The van der Waals surface area contributed by atoms with Gasteiger partial charge >= 0.3 is 0 Å². The summed E-state index contributed by atoms with van der Waals surface area (Å²) in [5, 5.41) is 6.28. The lowest BCUT2D eigenvalue weighted by molar-refractivity contribution is -0.127. The zero-order chi connectivity index (χ0) is 14.7. The minimum absolute atomic E-state index is 0. The van der Waals surface area contributed by atoms with Gasteiger partial charge in [0.05, 0.1) is 5.92 Å². The van der Waals surface area contributed by atoms with Crippen LogP contribution in [0.1, 0.15) is 18.4 Å². The second-order valence-electron chi connectivity index (χ2n) is 6.04. The fourth-order valence-corrected chi connectivity index (χ4v) is 2.88. The Hall–Kier alpha value is -1.17. The number of amides is 1. The predicted molar refractivity (Wildman–Crippen MR) is 86.4 cm³/mol. The third kappa shape index (κ3) is 4.41. The third-order valence-electron chi connectivity index (χ3n) is 4.41. The summed E-state index contributed by atoms with van der Waals surface area (Å²) in [4.78, 5) is 14.3. The van der Waals surface area contributed by atoms with Crippen LogP contribution >= 0.6 is 12.4 Å². The number of likely N-dealkylation sites (tertiary alicyclic amines) is 1. The minimum Gasteiger partial charge on any atom is -0.353 e. The molecule has 4 nitrogen and oxygen atoms in total. The molecule has 3 rings (SSSR count). The van der Waals surface area contributed by atoms with Crippen LogP contribution in [0.3, 0.4) is 0 Å². The lowest BCUT2D eigenvalue weighted by Crippen LogP contribution is -2.54. The highest BCUT2D eigenvalue weighted by Crippen LogP contribution is 2.15. The van der Waals surface area contributed by atoms with Gasteiger partial charge in [-0.1, -0.05) is 12.1 Å². The second-order valence-corrected chi connectivity index (χ2v) is 6.04. The Morgan fingerprint density at radius 1 is 1.23 bits per heavy atom. The molecule has 1 amide bonds. The van der Waals surface area contributed by atoms with Gasteiger partial charge in [0.1, 0.15) is 5.82 Å². The molecule has 122 valence electrons. The summed E-state index contributed by atoms with van der Waals surface area (Å²) in [7, 11) is 0. The molecule has 0 atom stereocenters. The molecule has 0 bridgehead atoms. The molecule has 1 aromatic carbocycles. The van der Waals surface area contributed by atoms with Gasteiger partial charge in [0.15, 0.2) is 0 Å². The fourth-order valence-electron chi connectivity index (χ4n) is 2.88. The van der Waals surface area contributed by atoms with Crippen molar-refractivity contribution >= 4 is 18.3 Å². The number of carbonyl (C=O) groups is 1. The summed E-state index contributed by atoms with van der Waals surface area (Å²) < 4.78 is 12.9. The number of hydrogen-bond donors (Lipinski definition) is 2. The molecule has 2 aliphatic heterocycles. The first-order chi connectivity index (χ1) is 10.2. The number of carbonyl (C=O) groups excluding carboxylic acids is 1. The molecule has 1 aromatic rings. The number of nitrogens with one attached hydrogen (secondary N) is 2. The van der Waals surface area contributed by atoms with Gasteiger partial charge in [0.25, 0.3) is 0 Å². The van der Waals surface area contributed by atoms with E-state index in [2.05, 4.69) is 15.5 Å². The predicted octanol–water partition coefficient (Wildman–Crippen LogP) is 1.55. The Labute approximate surface area is 136 Å². The van der Waals surface area contributed by atoms with Gasteiger partial charge in [-0.15, -0.1) is 12.4 Å². The topological polar surface area (TPSA) is 44.4 Å². The van der Waals surface area contributed by atoms with E-state index >= 15 is 0 Å². The van der Waals surface area contributed by atoms with E-state index in [1.165, 1.54) is 12.1 Å². The normalized spacial score (nSPS) is 20.0. The monoisotopic (exact) mass is 327 g/mol. The molecule has 0 unspecified atom stereocenters. The Morgan fingerprint density at radius 3 is 2.41 bits per heavy atom. The van der Waals surface area contributed by atoms with E-state index in [0.717, 1.165) is 51.1 Å². The maximum absolute atomic E-state index is 12.9. The van der Waals surface area contributed by atoms with Crippen molar-refractivity contribution in [2.45, 2.75) is 25.4 Å². The number of rotatable bonds is 4. The van der Waals surface area contributed by atoms with Crippen LogP contribution in [0.2, 0.25) is 0 Å². The molecule has 2 saturated heterocycles. The standard InChI is InChI=1S/C16H22FN3O.ClH/c17-14-3-1-12(2-4-14)11-20-7-5-15(6-8-20)19-16(21)13-9-18-10-13;/h1-4,13,15,18H,5-11H2,(H,19,21);1H. The average Bonchev–Trinajstić information content (AvgIpc) is 2.41. The Balaban J connectivity index is 0.00000176. The van der Waals surface area contributed by atoms with Gasteiger partial charge < -0.3 is 10.6 Å². The lowest BCUT2D eigenvalue weighted by Gasteiger charge is -2.34. The number of piperidine rings is 1. The van der Waals surface area contributed by atoms with Crippen molar-refractivity contribution in [3.05, 3.63) is 35.6 Å². The second kappa shape index (κ2) is 7.90. The van der Waals surface area contributed by atoms with Crippen LogP contribution in [0.5, 0.6) is 0 Å². The number of halogens is 2. The molecule has 0 radical (unpaired) electrons. The van der Waals surface area contributed by atoms with Crippen molar-refractivity contribution in [3.8, 4) is 0 Å². The van der Waals surface area contributed by atoms with E-state index in [-0.39, 0.29) is 30.0 Å². The third-order valence-corrected chi connectivity index (χ3v) is 4.41. The zero-order valence-electron chi connectivity index (χ0n) is 12.6. The SMILES string of the molecule is Cl.O=C(NC1CCN(Cc2ccc(F)cc2)CC1)C1CNC1. The van der Waals surface area contributed by atoms with Crippen LogP contribution in [0, 0.1) is 11.7 Å². The van der Waals surface area contributed by atoms with Crippen molar-refractivity contribution in [1.82, 2.24) is 15.5 Å². The smallest absolute Gasteiger partial charge is 0.225 e. The van der Waals surface area contributed by atoms with Crippen molar-refractivity contribution in [2.75, 3.05) is 26.2 Å². The summed E-state index contributed by atoms with van der Waals surface area (Å²) in [5.74, 6) is 0.179. The number of nitrogens with zero attached hydrogens (tertiary/aromatic N) is 1. The highest BCUT2D eigenvalue weighted by molar-refractivity contribution is 5.85. The van der Waals surface area contributed by atoms with Crippen LogP contribution in [0.25, 0.3) is 0 Å². The molecule has 2 aliphatic rings. The van der Waals surface area contributed by atoms with Crippen LogP contribution in [0.4, 0.5) is 4.39 Å². The largest absolute Gasteiger partial charge is 0.353 e.